The van der Waals surface area contributed by atoms with Crippen LogP contribution in [0.3, 0.4) is 0 Å². The van der Waals surface area contributed by atoms with Gasteiger partial charge in [0.1, 0.15) is 0 Å². The van der Waals surface area contributed by atoms with Gasteiger partial charge in [0, 0.05) is 24.5 Å². The third-order valence-corrected chi connectivity index (χ3v) is 3.73. The van der Waals surface area contributed by atoms with E-state index in [-0.39, 0.29) is 12.2 Å². The number of benzene rings is 1. The van der Waals surface area contributed by atoms with Crippen LogP contribution in [0.1, 0.15) is 28.0 Å². The molecule has 0 saturated heterocycles. The summed E-state index contributed by atoms with van der Waals surface area (Å²) < 4.78 is 1.54. The lowest BCUT2D eigenvalue weighted by Crippen LogP contribution is -2.36. The molecule has 0 radical (unpaired) electrons. The highest BCUT2D eigenvalue weighted by Gasteiger charge is 2.46. The average Bonchev–Trinajstić information content (AvgIpc) is 2.89. The Morgan fingerprint density at radius 3 is 2.81 bits per heavy atom. The minimum atomic E-state index is -1.82. The highest BCUT2D eigenvalue weighted by Crippen LogP contribution is 2.38. The van der Waals surface area contributed by atoms with E-state index in [1.165, 1.54) is 4.68 Å². The molecule has 1 aliphatic rings. The number of anilines is 1. The molecule has 2 N–H and O–H groups in total. The maximum Gasteiger partial charge on any atom is 0.261 e. The normalized spacial score (nSPS) is 20.2. The Bertz CT molecular complexity index is 750. The van der Waals surface area contributed by atoms with Gasteiger partial charge in [0.15, 0.2) is 11.4 Å². The molecule has 2 heterocycles. The van der Waals surface area contributed by atoms with Crippen LogP contribution in [-0.2, 0) is 17.4 Å². The first-order valence-electron chi connectivity index (χ1n) is 6.58. The largest absolute Gasteiger partial charge is 0.375 e. The number of aromatic nitrogens is 2. The van der Waals surface area contributed by atoms with Gasteiger partial charge in [-0.05, 0) is 13.0 Å². The van der Waals surface area contributed by atoms with Gasteiger partial charge in [0.2, 0.25) is 0 Å². The number of nitrogens with one attached hydrogen (secondary N) is 1. The molecule has 0 spiro atoms. The van der Waals surface area contributed by atoms with Crippen LogP contribution in [0.5, 0.6) is 0 Å². The molecule has 21 heavy (non-hydrogen) atoms. The Hall–Kier alpha value is -2.47. The summed E-state index contributed by atoms with van der Waals surface area (Å²) in [6.07, 6.45) is 1.29. The quantitative estimate of drug-likeness (QED) is 0.828. The zero-order valence-corrected chi connectivity index (χ0v) is 11.8. The highest BCUT2D eigenvalue weighted by atomic mass is 16.3. The van der Waals surface area contributed by atoms with Gasteiger partial charge in [0.25, 0.3) is 5.91 Å². The zero-order valence-electron chi connectivity index (χ0n) is 11.8. The molecule has 1 atom stereocenters. The van der Waals surface area contributed by atoms with Crippen LogP contribution in [0.25, 0.3) is 0 Å². The Morgan fingerprint density at radius 1 is 1.43 bits per heavy atom. The molecule has 6 nitrogen and oxygen atoms in total. The predicted octanol–water partition coefficient (Wildman–Crippen LogP) is 1.14. The van der Waals surface area contributed by atoms with Crippen LogP contribution in [0.2, 0.25) is 0 Å². The molecule has 1 amide bonds. The predicted molar refractivity (Wildman–Crippen MR) is 75.9 cm³/mol. The number of para-hydroxylation sites is 1. The topological polar surface area (TPSA) is 84.2 Å². The van der Waals surface area contributed by atoms with E-state index in [4.69, 9.17) is 0 Å². The number of amides is 1. The van der Waals surface area contributed by atoms with Gasteiger partial charge >= 0.3 is 0 Å². The second-order valence-electron chi connectivity index (χ2n) is 5.26. The van der Waals surface area contributed by atoms with Gasteiger partial charge in [-0.2, -0.15) is 5.10 Å². The molecule has 1 aromatic carbocycles. The zero-order chi connectivity index (χ0) is 15.2. The average molecular weight is 285 g/mol. The van der Waals surface area contributed by atoms with Crippen LogP contribution in [0.15, 0.2) is 30.5 Å². The van der Waals surface area contributed by atoms with Crippen LogP contribution in [0.4, 0.5) is 5.69 Å². The monoisotopic (exact) mass is 285 g/mol. The van der Waals surface area contributed by atoms with Crippen LogP contribution in [0, 0.1) is 6.92 Å². The molecule has 6 heteroatoms. The lowest BCUT2D eigenvalue weighted by molar-refractivity contribution is -0.133. The number of aryl methyl sites for hydroxylation is 2. The number of rotatable bonds is 3. The molecule has 1 aromatic heterocycles. The number of ketones is 1. The smallest absolute Gasteiger partial charge is 0.261 e. The molecular formula is C15H15N3O3. The maximum absolute atomic E-state index is 12.4. The number of hydrogen-bond acceptors (Lipinski definition) is 4. The number of carbonyl (C=O) groups excluding carboxylic acids is 2. The molecule has 0 unspecified atom stereocenters. The van der Waals surface area contributed by atoms with Gasteiger partial charge in [-0.15, -0.1) is 0 Å². The summed E-state index contributed by atoms with van der Waals surface area (Å²) >= 11 is 0. The summed E-state index contributed by atoms with van der Waals surface area (Å²) in [4.78, 5) is 24.5. The van der Waals surface area contributed by atoms with E-state index in [1.807, 2.05) is 0 Å². The van der Waals surface area contributed by atoms with Gasteiger partial charge in [-0.25, -0.2) is 0 Å². The van der Waals surface area contributed by atoms with Gasteiger partial charge in [-0.1, -0.05) is 18.2 Å². The lowest BCUT2D eigenvalue weighted by atomic mass is 9.88. The van der Waals surface area contributed by atoms with Crippen molar-refractivity contribution >= 4 is 17.4 Å². The van der Waals surface area contributed by atoms with Crippen molar-refractivity contribution < 1.29 is 14.7 Å². The van der Waals surface area contributed by atoms with Crippen LogP contribution >= 0.6 is 0 Å². The van der Waals surface area contributed by atoms with Crippen LogP contribution in [-0.4, -0.2) is 26.6 Å². The summed E-state index contributed by atoms with van der Waals surface area (Å²) in [5.74, 6) is -0.881. The summed E-state index contributed by atoms with van der Waals surface area (Å²) in [5, 5.41) is 17.4. The number of hydrogen-bond donors (Lipinski definition) is 2. The lowest BCUT2D eigenvalue weighted by Gasteiger charge is -2.19. The minimum Gasteiger partial charge on any atom is -0.375 e. The molecule has 108 valence electrons. The van der Waals surface area contributed by atoms with E-state index < -0.39 is 11.5 Å². The highest BCUT2D eigenvalue weighted by molar-refractivity contribution is 6.09. The number of aliphatic hydroxyl groups is 1. The summed E-state index contributed by atoms with van der Waals surface area (Å²) in [7, 11) is 1.72. The minimum absolute atomic E-state index is 0.303. The van der Waals surface area contributed by atoms with Gasteiger partial charge in [0.05, 0.1) is 17.7 Å². The molecule has 1 aliphatic heterocycles. The molecule has 2 aromatic rings. The van der Waals surface area contributed by atoms with Gasteiger partial charge < -0.3 is 10.4 Å². The first-order valence-corrected chi connectivity index (χ1v) is 6.58. The van der Waals surface area contributed by atoms with Crippen molar-refractivity contribution in [3.63, 3.8) is 0 Å². The van der Waals surface area contributed by atoms with Crippen molar-refractivity contribution in [2.24, 2.45) is 7.05 Å². The van der Waals surface area contributed by atoms with E-state index >= 15 is 0 Å². The third-order valence-electron chi connectivity index (χ3n) is 3.73. The molecular weight excluding hydrogens is 270 g/mol. The van der Waals surface area contributed by atoms with Crippen molar-refractivity contribution in [3.05, 3.63) is 47.3 Å². The molecule has 3 rings (SSSR count). The summed E-state index contributed by atoms with van der Waals surface area (Å²) in [5.41, 5.74) is 0.155. The van der Waals surface area contributed by atoms with Crippen molar-refractivity contribution in [1.29, 1.82) is 0 Å². The van der Waals surface area contributed by atoms with Crippen molar-refractivity contribution in [2.75, 3.05) is 5.32 Å². The third kappa shape index (κ3) is 2.04. The van der Waals surface area contributed by atoms with E-state index in [0.29, 0.717) is 22.5 Å². The van der Waals surface area contributed by atoms with Gasteiger partial charge in [-0.3, -0.25) is 14.3 Å². The maximum atomic E-state index is 12.4. The van der Waals surface area contributed by atoms with Crippen molar-refractivity contribution in [2.45, 2.75) is 18.9 Å². The molecule has 0 bridgehead atoms. The fourth-order valence-electron chi connectivity index (χ4n) is 2.68. The Kier molecular flexibility index (Phi) is 2.91. The van der Waals surface area contributed by atoms with E-state index in [1.54, 1.807) is 44.4 Å². The standard InChI is InChI=1S/C15H15N3O3/c1-9-10(8-18(2)17-9)13(19)7-15(21)11-5-3-4-6-12(11)16-14(15)20/h3-6,8,21H,7H2,1-2H3,(H,16,20)/t15-/m0/s1. The number of Topliss-reactive ketones (excluding diaryl/α,β-unsaturated/α-hetero) is 1. The van der Waals surface area contributed by atoms with Crippen LogP contribution < -0.4 is 5.32 Å². The van der Waals surface area contributed by atoms with E-state index in [9.17, 15) is 14.7 Å². The first kappa shape index (κ1) is 13.5. The molecule has 0 fully saturated rings. The molecule has 0 aliphatic carbocycles. The molecule has 0 saturated carbocycles. The number of nitrogens with zero attached hydrogens (tertiary/aromatic N) is 2. The summed E-state index contributed by atoms with van der Waals surface area (Å²) in [6.45, 7) is 1.72. The number of carbonyl (C=O) groups is 2. The SMILES string of the molecule is Cc1nn(C)cc1C(=O)C[C@@]1(O)C(=O)Nc2ccccc21. The second kappa shape index (κ2) is 4.53. The van der Waals surface area contributed by atoms with E-state index in [2.05, 4.69) is 10.4 Å². The Balaban J connectivity index is 1.96. The fraction of sp³-hybridized carbons (Fsp3) is 0.267. The fourth-order valence-corrected chi connectivity index (χ4v) is 2.68. The Labute approximate surface area is 121 Å². The van der Waals surface area contributed by atoms with E-state index in [0.717, 1.165) is 0 Å². The summed E-state index contributed by atoms with van der Waals surface area (Å²) in [6, 6.07) is 6.84. The van der Waals surface area contributed by atoms with Crippen molar-refractivity contribution in [3.8, 4) is 0 Å². The Morgan fingerprint density at radius 2 is 2.14 bits per heavy atom. The number of fused-ring (bicyclic) bond motifs is 1. The first-order chi connectivity index (χ1) is 9.91. The second-order valence-corrected chi connectivity index (χ2v) is 5.26. The van der Waals surface area contributed by atoms with Crippen molar-refractivity contribution in [1.82, 2.24) is 9.78 Å².